The second-order valence-electron chi connectivity index (χ2n) is 5.63. The molecule has 2 N–H and O–H groups in total. The maximum absolute atomic E-state index is 10.1. The van der Waals surface area contributed by atoms with Gasteiger partial charge in [0.25, 0.3) is 0 Å². The van der Waals surface area contributed by atoms with Gasteiger partial charge in [-0.05, 0) is 23.8 Å². The van der Waals surface area contributed by atoms with Crippen LogP contribution >= 0.6 is 35.8 Å². The quantitative estimate of drug-likeness (QED) is 0.624. The Bertz CT molecular complexity index is 750. The molecule has 110 valence electrons. The molecular weight excluding hydrogens is 329 g/mol. The number of hydrogen-bond acceptors (Lipinski definition) is 4. The van der Waals surface area contributed by atoms with Gasteiger partial charge in [-0.3, -0.25) is 0 Å². The summed E-state index contributed by atoms with van der Waals surface area (Å²) in [5.74, 6) is 0.0884. The lowest BCUT2D eigenvalue weighted by atomic mass is 9.71. The van der Waals surface area contributed by atoms with Crippen LogP contribution in [-0.2, 0) is 5.41 Å². The van der Waals surface area contributed by atoms with Crippen LogP contribution in [0.3, 0.4) is 0 Å². The van der Waals surface area contributed by atoms with Crippen LogP contribution in [-0.4, -0.2) is 22.0 Å². The molecule has 0 saturated heterocycles. The highest BCUT2D eigenvalue weighted by Gasteiger charge is 2.40. The molecular formula is C15H13Cl2NO2S. The Labute approximate surface area is 138 Å². The first-order valence-corrected chi connectivity index (χ1v) is 7.54. The van der Waals surface area contributed by atoms with Crippen molar-refractivity contribution in [2.24, 2.45) is 4.99 Å². The van der Waals surface area contributed by atoms with Gasteiger partial charge in [-0.1, -0.05) is 37.0 Å². The van der Waals surface area contributed by atoms with Crippen molar-refractivity contribution in [1.82, 2.24) is 0 Å². The second kappa shape index (κ2) is 4.78. The molecule has 1 aromatic carbocycles. The summed E-state index contributed by atoms with van der Waals surface area (Å²) >= 11 is 16.5. The third-order valence-corrected chi connectivity index (χ3v) is 4.97. The number of fused-ring (bicyclic) bond motifs is 2. The topological polar surface area (TPSA) is 52.8 Å². The lowest BCUT2D eigenvalue weighted by molar-refractivity contribution is 0.260. The van der Waals surface area contributed by atoms with Crippen molar-refractivity contribution in [3.05, 3.63) is 39.4 Å². The zero-order valence-electron chi connectivity index (χ0n) is 11.4. The number of hydrogen-bond donors (Lipinski definition) is 3. The number of halogens is 2. The number of allylic oxidation sites excluding steroid dienone is 2. The molecule has 1 heterocycles. The van der Waals surface area contributed by atoms with E-state index in [4.69, 9.17) is 23.2 Å². The van der Waals surface area contributed by atoms with Gasteiger partial charge in [-0.25, -0.2) is 4.99 Å². The number of aromatic hydroxyl groups is 1. The monoisotopic (exact) mass is 341 g/mol. The number of thiol groups is 1. The minimum Gasteiger partial charge on any atom is -0.507 e. The molecule has 21 heavy (non-hydrogen) atoms. The first kappa shape index (κ1) is 15.0. The molecule has 3 nitrogen and oxygen atoms in total. The smallest absolute Gasteiger partial charge is 0.129 e. The van der Waals surface area contributed by atoms with Crippen molar-refractivity contribution in [2.75, 3.05) is 0 Å². The Hall–Kier alpha value is -0.940. The molecule has 1 atom stereocenters. The minimum absolute atomic E-state index is 0.0884. The van der Waals surface area contributed by atoms with Crippen LogP contribution in [0.5, 0.6) is 5.75 Å². The van der Waals surface area contributed by atoms with E-state index in [1.807, 2.05) is 13.8 Å². The molecule has 6 heteroatoms. The molecule has 0 bridgehead atoms. The van der Waals surface area contributed by atoms with E-state index in [0.29, 0.717) is 16.3 Å². The highest BCUT2D eigenvalue weighted by atomic mass is 35.5. The Morgan fingerprint density at radius 3 is 2.62 bits per heavy atom. The fourth-order valence-corrected chi connectivity index (χ4v) is 3.70. The number of nitrogens with zero attached hydrogens (tertiary/aromatic N) is 1. The number of aliphatic hydroxyl groups is 1. The molecule has 1 aliphatic carbocycles. The molecule has 1 unspecified atom stereocenters. The van der Waals surface area contributed by atoms with Crippen molar-refractivity contribution in [2.45, 2.75) is 30.3 Å². The van der Waals surface area contributed by atoms with Crippen LogP contribution in [0.2, 0.25) is 0 Å². The van der Waals surface area contributed by atoms with Crippen LogP contribution in [0.1, 0.15) is 19.4 Å². The van der Waals surface area contributed by atoms with Crippen LogP contribution in [0.25, 0.3) is 0 Å². The average molecular weight is 342 g/mol. The number of phenols is 1. The molecule has 0 fully saturated rings. The first-order chi connectivity index (χ1) is 9.73. The van der Waals surface area contributed by atoms with E-state index >= 15 is 0 Å². The van der Waals surface area contributed by atoms with Gasteiger partial charge in [0.2, 0.25) is 0 Å². The molecule has 0 aromatic heterocycles. The number of phenolic OH excluding ortho intramolecular Hbond substituents is 1. The lowest BCUT2D eigenvalue weighted by Gasteiger charge is -2.37. The third kappa shape index (κ3) is 2.13. The minimum atomic E-state index is -1.03. The number of benzene rings is 1. The summed E-state index contributed by atoms with van der Waals surface area (Å²) in [6.07, 6.45) is 0.601. The molecule has 2 aliphatic rings. The normalized spacial score (nSPS) is 23.2. The summed E-state index contributed by atoms with van der Waals surface area (Å²) in [6, 6.07) is 3.35. The van der Waals surface area contributed by atoms with Gasteiger partial charge in [0.15, 0.2) is 0 Å². The van der Waals surface area contributed by atoms with Crippen molar-refractivity contribution in [3.63, 3.8) is 0 Å². The zero-order valence-corrected chi connectivity index (χ0v) is 13.8. The van der Waals surface area contributed by atoms with Crippen molar-refractivity contribution >= 4 is 47.2 Å². The van der Waals surface area contributed by atoms with E-state index in [-0.39, 0.29) is 15.8 Å². The Kier molecular flexibility index (Phi) is 3.41. The predicted molar refractivity (Wildman–Crippen MR) is 88.3 cm³/mol. The summed E-state index contributed by atoms with van der Waals surface area (Å²) in [4.78, 5) is 5.00. The van der Waals surface area contributed by atoms with Crippen molar-refractivity contribution in [1.29, 1.82) is 0 Å². The summed E-state index contributed by atoms with van der Waals surface area (Å²) in [6.45, 7) is 3.94. The van der Waals surface area contributed by atoms with Gasteiger partial charge >= 0.3 is 0 Å². The fraction of sp³-hybridized carbons (Fsp3) is 0.267. The van der Waals surface area contributed by atoms with E-state index < -0.39 is 11.5 Å². The largest absolute Gasteiger partial charge is 0.507 e. The summed E-state index contributed by atoms with van der Waals surface area (Å²) in [5, 5.41) is 20.5. The van der Waals surface area contributed by atoms with E-state index in [1.54, 1.807) is 18.2 Å². The maximum atomic E-state index is 10.1. The van der Waals surface area contributed by atoms with Crippen molar-refractivity contribution in [3.8, 4) is 5.75 Å². The van der Waals surface area contributed by atoms with Gasteiger partial charge < -0.3 is 10.2 Å². The van der Waals surface area contributed by atoms with E-state index in [9.17, 15) is 10.2 Å². The number of aliphatic imine (C=N–C) groups is 1. The molecule has 1 aromatic rings. The van der Waals surface area contributed by atoms with Gasteiger partial charge in [-0.15, -0.1) is 12.6 Å². The van der Waals surface area contributed by atoms with E-state index in [0.717, 1.165) is 11.1 Å². The fourth-order valence-electron chi connectivity index (χ4n) is 2.79. The number of aliphatic hydroxyl groups excluding tert-OH is 1. The van der Waals surface area contributed by atoms with Gasteiger partial charge in [0.1, 0.15) is 11.9 Å². The standard InChI is InChI=1S/C15H13Cl2NO2S/c1-15(2)6-3-10(19)11(21)5-8(6)18-9-4-7(16)14(20)13(17)12(9)15/h3-5,14,19-21H,1-2H3. The highest BCUT2D eigenvalue weighted by Crippen LogP contribution is 2.49. The van der Waals surface area contributed by atoms with Gasteiger partial charge in [-0.2, -0.15) is 0 Å². The zero-order chi connectivity index (χ0) is 15.5. The number of rotatable bonds is 0. The Morgan fingerprint density at radius 2 is 1.95 bits per heavy atom. The molecule has 0 spiro atoms. The maximum Gasteiger partial charge on any atom is 0.129 e. The van der Waals surface area contributed by atoms with Gasteiger partial charge in [0, 0.05) is 15.9 Å². The Morgan fingerprint density at radius 1 is 1.29 bits per heavy atom. The summed E-state index contributed by atoms with van der Waals surface area (Å²) in [7, 11) is 0. The van der Waals surface area contributed by atoms with Crippen molar-refractivity contribution < 1.29 is 10.2 Å². The van der Waals surface area contributed by atoms with Crippen LogP contribution in [0, 0.1) is 0 Å². The van der Waals surface area contributed by atoms with Crippen LogP contribution < -0.4 is 0 Å². The highest BCUT2D eigenvalue weighted by molar-refractivity contribution is 7.80. The lowest BCUT2D eigenvalue weighted by Crippen LogP contribution is -2.33. The molecule has 0 saturated carbocycles. The predicted octanol–water partition coefficient (Wildman–Crippen LogP) is 4.03. The average Bonchev–Trinajstić information content (AvgIpc) is 2.38. The molecule has 0 radical (unpaired) electrons. The molecule has 1 aliphatic heterocycles. The van der Waals surface area contributed by atoms with Gasteiger partial charge in [0.05, 0.1) is 21.5 Å². The van der Waals surface area contributed by atoms with Crippen LogP contribution in [0.4, 0.5) is 5.69 Å². The summed E-state index contributed by atoms with van der Waals surface area (Å²) in [5.41, 5.74) is 2.37. The molecule has 3 rings (SSSR count). The molecule has 0 amide bonds. The Balaban J connectivity index is 2.35. The van der Waals surface area contributed by atoms with Crippen LogP contribution in [0.15, 0.2) is 43.7 Å². The third-order valence-electron chi connectivity index (χ3n) is 3.90. The van der Waals surface area contributed by atoms with E-state index in [2.05, 4.69) is 17.6 Å². The first-order valence-electron chi connectivity index (χ1n) is 6.34. The SMILES string of the molecule is CC1(C)C2=C(Cl)C(O)C(Cl)=CC2=Nc2cc(S)c(O)cc21. The summed E-state index contributed by atoms with van der Waals surface area (Å²) < 4.78 is 0. The second-order valence-corrected chi connectivity index (χ2v) is 6.96. The van der Waals surface area contributed by atoms with E-state index in [1.165, 1.54) is 0 Å².